The molecule has 1 aliphatic heterocycles. The predicted molar refractivity (Wildman–Crippen MR) is 79.9 cm³/mol. The Morgan fingerprint density at radius 3 is 2.35 bits per heavy atom. The lowest BCUT2D eigenvalue weighted by Gasteiger charge is -2.11. The van der Waals surface area contributed by atoms with Crippen LogP contribution in [-0.4, -0.2) is 5.78 Å². The summed E-state index contributed by atoms with van der Waals surface area (Å²) in [6, 6.07) is 12.8. The van der Waals surface area contributed by atoms with E-state index in [0.29, 0.717) is 5.56 Å². The summed E-state index contributed by atoms with van der Waals surface area (Å²) in [6.07, 6.45) is -4.47. The summed E-state index contributed by atoms with van der Waals surface area (Å²) in [5.74, 6) is -0.254. The van der Waals surface area contributed by atoms with Gasteiger partial charge in [0, 0.05) is 0 Å². The fourth-order valence-electron chi connectivity index (χ4n) is 2.60. The third kappa shape index (κ3) is 2.79. The van der Waals surface area contributed by atoms with Gasteiger partial charge in [0.15, 0.2) is 5.78 Å². The van der Waals surface area contributed by atoms with E-state index in [1.807, 2.05) is 6.07 Å². The third-order valence-electron chi connectivity index (χ3n) is 3.69. The number of halogens is 3. The van der Waals surface area contributed by atoms with Crippen molar-refractivity contribution in [3.05, 3.63) is 77.1 Å². The van der Waals surface area contributed by atoms with Crippen LogP contribution in [0.4, 0.5) is 13.2 Å². The van der Waals surface area contributed by atoms with Crippen LogP contribution >= 0.6 is 0 Å². The molecule has 0 spiro atoms. The molecule has 3 rings (SSSR count). The normalized spacial score (nSPS) is 18.2. The van der Waals surface area contributed by atoms with Gasteiger partial charge >= 0.3 is 6.18 Å². The lowest BCUT2D eigenvalue weighted by atomic mass is 9.95. The van der Waals surface area contributed by atoms with Gasteiger partial charge in [-0.25, -0.2) is 0 Å². The van der Waals surface area contributed by atoms with E-state index in [1.54, 1.807) is 24.3 Å². The molecule has 0 fully saturated rings. The van der Waals surface area contributed by atoms with Crippen LogP contribution < -0.4 is 11.1 Å². The average Bonchev–Trinajstić information content (AvgIpc) is 2.82. The van der Waals surface area contributed by atoms with Crippen LogP contribution in [0.1, 0.15) is 22.7 Å². The van der Waals surface area contributed by atoms with Gasteiger partial charge in [-0.15, -0.1) is 0 Å². The zero-order valence-corrected chi connectivity index (χ0v) is 11.9. The first-order valence-electron chi connectivity index (χ1n) is 6.91. The van der Waals surface area contributed by atoms with E-state index in [0.717, 1.165) is 12.1 Å². The molecule has 2 aromatic carbocycles. The molecule has 3 nitrogen and oxygen atoms in total. The monoisotopic (exact) mass is 318 g/mol. The molecule has 6 heteroatoms. The van der Waals surface area contributed by atoms with Crippen molar-refractivity contribution in [2.24, 2.45) is 5.73 Å². The van der Waals surface area contributed by atoms with Crippen LogP contribution in [-0.2, 0) is 11.0 Å². The number of Topliss-reactive ketones (excluding diaryl/α,β-unsaturated/α-hetero) is 1. The molecule has 1 heterocycles. The van der Waals surface area contributed by atoms with Crippen molar-refractivity contribution in [1.29, 1.82) is 0 Å². The summed E-state index contributed by atoms with van der Waals surface area (Å²) in [4.78, 5) is 12.6. The minimum atomic E-state index is -4.47. The van der Waals surface area contributed by atoms with Crippen LogP contribution in [0.25, 0.3) is 5.57 Å². The molecule has 1 atom stereocenters. The number of hydrogen-bond donors (Lipinski definition) is 2. The Bertz CT molecular complexity index is 782. The Kier molecular flexibility index (Phi) is 3.60. The second-order valence-corrected chi connectivity index (χ2v) is 5.22. The number of benzene rings is 2. The van der Waals surface area contributed by atoms with Gasteiger partial charge in [0.05, 0.1) is 11.1 Å². The Morgan fingerprint density at radius 1 is 1.00 bits per heavy atom. The fourth-order valence-corrected chi connectivity index (χ4v) is 2.60. The summed E-state index contributed by atoms with van der Waals surface area (Å²) >= 11 is 0. The van der Waals surface area contributed by atoms with Crippen LogP contribution in [0.15, 0.2) is 60.4 Å². The number of nitrogens with two attached hydrogens (primary N) is 1. The molecule has 1 aliphatic rings. The van der Waals surface area contributed by atoms with Crippen molar-refractivity contribution >= 4 is 11.4 Å². The highest BCUT2D eigenvalue weighted by Gasteiger charge is 2.35. The highest BCUT2D eigenvalue weighted by Crippen LogP contribution is 2.35. The van der Waals surface area contributed by atoms with Gasteiger partial charge in [0.25, 0.3) is 0 Å². The first-order chi connectivity index (χ1) is 10.9. The van der Waals surface area contributed by atoms with Gasteiger partial charge < -0.3 is 11.1 Å². The molecule has 0 aliphatic carbocycles. The summed E-state index contributed by atoms with van der Waals surface area (Å²) < 4.78 is 38.5. The second-order valence-electron chi connectivity index (χ2n) is 5.22. The van der Waals surface area contributed by atoms with Gasteiger partial charge in [-0.1, -0.05) is 42.5 Å². The van der Waals surface area contributed by atoms with Crippen molar-refractivity contribution < 1.29 is 18.0 Å². The van der Waals surface area contributed by atoms with Gasteiger partial charge in [0.2, 0.25) is 0 Å². The highest BCUT2D eigenvalue weighted by atomic mass is 19.4. The lowest BCUT2D eigenvalue weighted by molar-refractivity contribution is -0.137. The zero-order valence-electron chi connectivity index (χ0n) is 11.9. The lowest BCUT2D eigenvalue weighted by Crippen LogP contribution is -2.22. The van der Waals surface area contributed by atoms with Crippen molar-refractivity contribution in [2.75, 3.05) is 0 Å². The molecule has 1 unspecified atom stereocenters. The standard InChI is InChI=1S/C17H13F3N2O/c18-17(19,20)12-8-4-7-11(9-12)13-15(23)14(22-16(13)21)10-5-2-1-3-6-10/h1-9,14,22H,21H2. The minimum absolute atomic E-state index is 0.0863. The fraction of sp³-hybridized carbons (Fsp3) is 0.118. The average molecular weight is 318 g/mol. The van der Waals surface area contributed by atoms with Gasteiger partial charge in [-0.05, 0) is 23.3 Å². The maximum absolute atomic E-state index is 12.8. The highest BCUT2D eigenvalue weighted by molar-refractivity contribution is 6.26. The topological polar surface area (TPSA) is 55.1 Å². The maximum atomic E-state index is 12.8. The molecule has 3 N–H and O–H groups in total. The number of hydrogen-bond acceptors (Lipinski definition) is 3. The molecular weight excluding hydrogens is 305 g/mol. The van der Waals surface area contributed by atoms with E-state index < -0.39 is 17.8 Å². The first kappa shape index (κ1) is 15.1. The second kappa shape index (κ2) is 5.46. The molecule has 0 saturated carbocycles. The zero-order chi connectivity index (χ0) is 16.6. The van der Waals surface area contributed by atoms with Gasteiger partial charge in [-0.2, -0.15) is 13.2 Å². The third-order valence-corrected chi connectivity index (χ3v) is 3.69. The van der Waals surface area contributed by atoms with E-state index >= 15 is 0 Å². The van der Waals surface area contributed by atoms with E-state index in [2.05, 4.69) is 5.32 Å². The molecule has 0 bridgehead atoms. The predicted octanol–water partition coefficient (Wildman–Crippen LogP) is 3.25. The Hall–Kier alpha value is -2.76. The summed E-state index contributed by atoms with van der Waals surface area (Å²) in [5, 5.41) is 2.85. The first-order valence-corrected chi connectivity index (χ1v) is 6.91. The Balaban J connectivity index is 1.98. The summed E-state index contributed by atoms with van der Waals surface area (Å²) in [6.45, 7) is 0. The van der Waals surface area contributed by atoms with Crippen LogP contribution in [0, 0.1) is 0 Å². The van der Waals surface area contributed by atoms with Gasteiger partial charge in [0.1, 0.15) is 11.9 Å². The number of nitrogens with one attached hydrogen (secondary N) is 1. The minimum Gasteiger partial charge on any atom is -0.385 e. The number of ketones is 1. The number of alkyl halides is 3. The quantitative estimate of drug-likeness (QED) is 0.894. The van der Waals surface area contributed by atoms with Crippen molar-refractivity contribution in [3.63, 3.8) is 0 Å². The van der Waals surface area contributed by atoms with Crippen molar-refractivity contribution in [3.8, 4) is 0 Å². The molecular formula is C17H13F3N2O. The van der Waals surface area contributed by atoms with Crippen LogP contribution in [0.2, 0.25) is 0 Å². The van der Waals surface area contributed by atoms with E-state index in [-0.39, 0.29) is 22.7 Å². The smallest absolute Gasteiger partial charge is 0.385 e. The van der Waals surface area contributed by atoms with E-state index in [9.17, 15) is 18.0 Å². The molecule has 0 aromatic heterocycles. The van der Waals surface area contributed by atoms with Gasteiger partial charge in [-0.3, -0.25) is 4.79 Å². The van der Waals surface area contributed by atoms with Crippen LogP contribution in [0.3, 0.4) is 0 Å². The Labute approximate surface area is 130 Å². The summed E-state index contributed by atoms with van der Waals surface area (Å²) in [7, 11) is 0. The van der Waals surface area contributed by atoms with Crippen molar-refractivity contribution in [2.45, 2.75) is 12.2 Å². The van der Waals surface area contributed by atoms with Crippen molar-refractivity contribution in [1.82, 2.24) is 5.32 Å². The SMILES string of the molecule is NC1=C(c2cccc(C(F)(F)F)c2)C(=O)C(c2ccccc2)N1. The van der Waals surface area contributed by atoms with E-state index in [1.165, 1.54) is 12.1 Å². The number of rotatable bonds is 2. The molecule has 0 amide bonds. The van der Waals surface area contributed by atoms with Crippen LogP contribution in [0.5, 0.6) is 0 Å². The van der Waals surface area contributed by atoms with E-state index in [4.69, 9.17) is 5.73 Å². The molecule has 2 aromatic rings. The largest absolute Gasteiger partial charge is 0.416 e. The molecule has 0 saturated heterocycles. The molecule has 23 heavy (non-hydrogen) atoms. The number of carbonyl (C=O) groups excluding carboxylic acids is 1. The maximum Gasteiger partial charge on any atom is 0.416 e. The Morgan fingerprint density at radius 2 is 1.70 bits per heavy atom. The molecule has 118 valence electrons. The molecule has 0 radical (unpaired) electrons. The summed E-state index contributed by atoms with van der Waals surface area (Å²) in [5.41, 5.74) is 6.00. The number of carbonyl (C=O) groups is 1.